The highest BCUT2D eigenvalue weighted by Gasteiger charge is 2.29. The second-order valence-electron chi connectivity index (χ2n) is 5.92. The summed E-state index contributed by atoms with van der Waals surface area (Å²) in [6, 6.07) is 16.4. The van der Waals surface area contributed by atoms with Crippen molar-refractivity contribution in [3.8, 4) is 11.5 Å². The van der Waals surface area contributed by atoms with Gasteiger partial charge in [0.2, 0.25) is 0 Å². The van der Waals surface area contributed by atoms with Crippen LogP contribution in [0.2, 0.25) is 0 Å². The average Bonchev–Trinajstić information content (AvgIpc) is 3.12. The van der Waals surface area contributed by atoms with E-state index in [1.165, 1.54) is 0 Å². The lowest BCUT2D eigenvalue weighted by molar-refractivity contribution is -0.0740. The third kappa shape index (κ3) is 2.47. The summed E-state index contributed by atoms with van der Waals surface area (Å²) in [6.45, 7) is 0.525. The van der Waals surface area contributed by atoms with Gasteiger partial charge in [0.05, 0.1) is 6.04 Å². The average molecular weight is 323 g/mol. The molecule has 0 saturated heterocycles. The maximum Gasteiger partial charge on any atom is 0.338 e. The van der Waals surface area contributed by atoms with Crippen LogP contribution in [0.4, 0.5) is 4.79 Å². The standard InChI is InChI=1S/C18H17N3O3/c19-18(22)21(23)14-10-13-8-12-9-16(6-7-17(12)20(13)11-14)24-15-4-2-1-3-5-15/h1-9,14,23H,10-11H2,(H2,19,22). The molecule has 2 amide bonds. The molecule has 4 rings (SSSR count). The molecule has 0 bridgehead atoms. The Morgan fingerprint density at radius 3 is 2.71 bits per heavy atom. The van der Waals surface area contributed by atoms with E-state index < -0.39 is 6.03 Å². The van der Waals surface area contributed by atoms with Gasteiger partial charge in [0.1, 0.15) is 11.5 Å². The molecule has 3 N–H and O–H groups in total. The predicted molar refractivity (Wildman–Crippen MR) is 89.2 cm³/mol. The summed E-state index contributed by atoms with van der Waals surface area (Å²) in [6.07, 6.45) is 0.572. The summed E-state index contributed by atoms with van der Waals surface area (Å²) in [4.78, 5) is 11.1. The summed E-state index contributed by atoms with van der Waals surface area (Å²) < 4.78 is 7.96. The first-order valence-corrected chi connectivity index (χ1v) is 7.74. The molecule has 6 nitrogen and oxygen atoms in total. The number of carbonyl (C=O) groups is 1. The van der Waals surface area contributed by atoms with Gasteiger partial charge in [0.15, 0.2) is 0 Å². The molecule has 0 radical (unpaired) electrons. The number of rotatable bonds is 3. The predicted octanol–water partition coefficient (Wildman–Crippen LogP) is 3.13. The summed E-state index contributed by atoms with van der Waals surface area (Å²) in [5, 5.41) is 11.4. The molecule has 1 aliphatic rings. The van der Waals surface area contributed by atoms with Crippen LogP contribution in [-0.4, -0.2) is 26.9 Å². The SMILES string of the molecule is NC(=O)N(O)C1Cc2cc3cc(Oc4ccccc4)ccc3n2C1. The number of nitrogens with two attached hydrogens (primary N) is 1. The fraction of sp³-hybridized carbons (Fsp3) is 0.167. The number of nitrogens with zero attached hydrogens (tertiary/aromatic N) is 2. The number of hydrogen-bond acceptors (Lipinski definition) is 3. The van der Waals surface area contributed by atoms with Crippen LogP contribution in [0.15, 0.2) is 54.6 Å². The van der Waals surface area contributed by atoms with Crippen molar-refractivity contribution in [3.63, 3.8) is 0 Å². The van der Waals surface area contributed by atoms with Crippen LogP contribution in [-0.2, 0) is 13.0 Å². The molecule has 2 heterocycles. The fourth-order valence-corrected chi connectivity index (χ4v) is 3.24. The third-order valence-corrected chi connectivity index (χ3v) is 4.35. The highest BCUT2D eigenvalue weighted by Crippen LogP contribution is 2.31. The number of ether oxygens (including phenoxy) is 1. The van der Waals surface area contributed by atoms with Gasteiger partial charge in [-0.25, -0.2) is 9.86 Å². The van der Waals surface area contributed by atoms with Gasteiger partial charge in [0.25, 0.3) is 0 Å². The first-order chi connectivity index (χ1) is 11.6. The first kappa shape index (κ1) is 14.6. The minimum atomic E-state index is -0.825. The lowest BCUT2D eigenvalue weighted by Gasteiger charge is -2.19. The molecule has 0 aliphatic carbocycles. The van der Waals surface area contributed by atoms with Crippen molar-refractivity contribution < 1.29 is 14.7 Å². The molecule has 1 atom stereocenters. The molecule has 0 fully saturated rings. The minimum absolute atomic E-state index is 0.317. The van der Waals surface area contributed by atoms with Gasteiger partial charge in [-0.3, -0.25) is 5.21 Å². The van der Waals surface area contributed by atoms with Crippen LogP contribution in [0, 0.1) is 0 Å². The molecule has 3 aromatic rings. The van der Waals surface area contributed by atoms with Gasteiger partial charge < -0.3 is 15.0 Å². The maximum atomic E-state index is 11.1. The number of primary amides is 1. The van der Waals surface area contributed by atoms with Crippen LogP contribution in [0.25, 0.3) is 10.9 Å². The van der Waals surface area contributed by atoms with Crippen molar-refractivity contribution in [1.82, 2.24) is 9.63 Å². The van der Waals surface area contributed by atoms with Crippen LogP contribution in [0.1, 0.15) is 5.69 Å². The normalized spacial score (nSPS) is 16.1. The Morgan fingerprint density at radius 2 is 1.96 bits per heavy atom. The zero-order valence-corrected chi connectivity index (χ0v) is 12.9. The van der Waals surface area contributed by atoms with E-state index in [9.17, 15) is 10.0 Å². The molecule has 1 aliphatic heterocycles. The van der Waals surface area contributed by atoms with Crippen LogP contribution >= 0.6 is 0 Å². The largest absolute Gasteiger partial charge is 0.457 e. The second-order valence-corrected chi connectivity index (χ2v) is 5.92. The molecule has 1 unspecified atom stereocenters. The van der Waals surface area contributed by atoms with E-state index in [-0.39, 0.29) is 6.04 Å². The number of carbonyl (C=O) groups excluding carboxylic acids is 1. The van der Waals surface area contributed by atoms with Crippen molar-refractivity contribution in [3.05, 3.63) is 60.3 Å². The zero-order chi connectivity index (χ0) is 16.7. The number of hydrogen-bond donors (Lipinski definition) is 2. The van der Waals surface area contributed by atoms with E-state index in [1.54, 1.807) is 0 Å². The van der Waals surface area contributed by atoms with E-state index in [0.29, 0.717) is 18.0 Å². The molecule has 24 heavy (non-hydrogen) atoms. The molecule has 2 aromatic carbocycles. The van der Waals surface area contributed by atoms with Crippen LogP contribution < -0.4 is 10.5 Å². The van der Waals surface area contributed by atoms with Crippen LogP contribution in [0.5, 0.6) is 11.5 Å². The zero-order valence-electron chi connectivity index (χ0n) is 12.9. The van der Waals surface area contributed by atoms with Crippen molar-refractivity contribution in [2.24, 2.45) is 5.73 Å². The Bertz CT molecular complexity index is 905. The quantitative estimate of drug-likeness (QED) is 0.574. The minimum Gasteiger partial charge on any atom is -0.457 e. The van der Waals surface area contributed by atoms with E-state index in [0.717, 1.165) is 28.1 Å². The molecule has 6 heteroatoms. The monoisotopic (exact) mass is 323 g/mol. The molecule has 0 saturated carbocycles. The maximum absolute atomic E-state index is 11.1. The smallest absolute Gasteiger partial charge is 0.338 e. The summed E-state index contributed by atoms with van der Waals surface area (Å²) in [5.41, 5.74) is 7.25. The number of urea groups is 1. The highest BCUT2D eigenvalue weighted by atomic mass is 16.5. The first-order valence-electron chi connectivity index (χ1n) is 7.74. The van der Waals surface area contributed by atoms with Crippen molar-refractivity contribution >= 4 is 16.9 Å². The number of amides is 2. The number of hydroxylamine groups is 2. The third-order valence-electron chi connectivity index (χ3n) is 4.35. The van der Waals surface area contributed by atoms with Gasteiger partial charge in [-0.1, -0.05) is 18.2 Å². The fourth-order valence-electron chi connectivity index (χ4n) is 3.24. The van der Waals surface area contributed by atoms with Gasteiger partial charge in [0, 0.05) is 29.6 Å². The van der Waals surface area contributed by atoms with E-state index >= 15 is 0 Å². The second kappa shape index (κ2) is 5.58. The van der Waals surface area contributed by atoms with E-state index in [1.807, 2.05) is 48.5 Å². The molecular weight excluding hydrogens is 306 g/mol. The lowest BCUT2D eigenvalue weighted by Crippen LogP contribution is -2.41. The topological polar surface area (TPSA) is 80.7 Å². The van der Waals surface area contributed by atoms with Crippen molar-refractivity contribution in [1.29, 1.82) is 0 Å². The molecular formula is C18H17N3O3. The van der Waals surface area contributed by atoms with E-state index in [2.05, 4.69) is 10.6 Å². The van der Waals surface area contributed by atoms with Crippen molar-refractivity contribution in [2.45, 2.75) is 19.0 Å². The number of aromatic nitrogens is 1. The number of benzene rings is 2. The Kier molecular flexibility index (Phi) is 3.39. The molecule has 122 valence electrons. The highest BCUT2D eigenvalue weighted by molar-refractivity contribution is 5.83. The Hall–Kier alpha value is -2.99. The summed E-state index contributed by atoms with van der Waals surface area (Å²) in [5.74, 6) is 1.57. The lowest BCUT2D eigenvalue weighted by atomic mass is 10.1. The van der Waals surface area contributed by atoms with Crippen molar-refractivity contribution in [2.75, 3.05) is 0 Å². The van der Waals surface area contributed by atoms with Gasteiger partial charge in [-0.05, 0) is 36.4 Å². The number of para-hydroxylation sites is 1. The van der Waals surface area contributed by atoms with Gasteiger partial charge >= 0.3 is 6.03 Å². The summed E-state index contributed by atoms with van der Waals surface area (Å²) >= 11 is 0. The molecule has 1 aromatic heterocycles. The Labute approximate surface area is 138 Å². The Morgan fingerprint density at radius 1 is 1.17 bits per heavy atom. The van der Waals surface area contributed by atoms with Gasteiger partial charge in [-0.2, -0.15) is 0 Å². The summed E-state index contributed by atoms with van der Waals surface area (Å²) in [7, 11) is 0. The van der Waals surface area contributed by atoms with E-state index in [4.69, 9.17) is 10.5 Å². The molecule has 0 spiro atoms. The van der Waals surface area contributed by atoms with Gasteiger partial charge in [-0.15, -0.1) is 0 Å². The Balaban J connectivity index is 1.60. The number of fused-ring (bicyclic) bond motifs is 3. The van der Waals surface area contributed by atoms with Crippen LogP contribution in [0.3, 0.4) is 0 Å².